The van der Waals surface area contributed by atoms with Gasteiger partial charge in [-0.3, -0.25) is 15.0 Å². The quantitative estimate of drug-likeness (QED) is 0.674. The molecule has 3 rings (SSSR count). The lowest BCUT2D eigenvalue weighted by Crippen LogP contribution is -2.34. The number of hydrogen-bond donors (Lipinski definition) is 1. The number of fused-ring (bicyclic) bond motifs is 1. The molecule has 0 saturated heterocycles. The summed E-state index contributed by atoms with van der Waals surface area (Å²) in [7, 11) is 1.65. The van der Waals surface area contributed by atoms with Crippen LogP contribution in [0.25, 0.3) is 0 Å². The molecule has 6 heteroatoms. The van der Waals surface area contributed by atoms with Crippen molar-refractivity contribution in [3.8, 4) is 5.75 Å². The van der Waals surface area contributed by atoms with Gasteiger partial charge in [-0.1, -0.05) is 18.2 Å². The fourth-order valence-electron chi connectivity index (χ4n) is 3.07. The highest BCUT2D eigenvalue weighted by molar-refractivity contribution is 5.38. The van der Waals surface area contributed by atoms with Crippen molar-refractivity contribution in [2.45, 2.75) is 19.1 Å². The van der Waals surface area contributed by atoms with Crippen molar-refractivity contribution >= 4 is 5.69 Å². The van der Waals surface area contributed by atoms with Gasteiger partial charge in [0, 0.05) is 31.8 Å². The van der Waals surface area contributed by atoms with Gasteiger partial charge in [0.25, 0.3) is 5.69 Å². The van der Waals surface area contributed by atoms with E-state index in [1.165, 1.54) is 23.3 Å². The summed E-state index contributed by atoms with van der Waals surface area (Å²) in [6, 6.07) is 12.3. The van der Waals surface area contributed by atoms with E-state index in [1.807, 2.05) is 12.1 Å². The minimum Gasteiger partial charge on any atom is -0.497 e. The average molecular weight is 328 g/mol. The van der Waals surface area contributed by atoms with Crippen molar-refractivity contribution < 1.29 is 14.8 Å². The maximum Gasteiger partial charge on any atom is 0.269 e. The van der Waals surface area contributed by atoms with Crippen molar-refractivity contribution in [3.63, 3.8) is 0 Å². The van der Waals surface area contributed by atoms with E-state index >= 15 is 0 Å². The van der Waals surface area contributed by atoms with Gasteiger partial charge < -0.3 is 9.84 Å². The lowest BCUT2D eigenvalue weighted by Gasteiger charge is -2.30. The van der Waals surface area contributed by atoms with Crippen LogP contribution in [0.15, 0.2) is 42.5 Å². The summed E-state index contributed by atoms with van der Waals surface area (Å²) in [5.74, 6) is 0.829. The summed E-state index contributed by atoms with van der Waals surface area (Å²) in [6.07, 6.45) is 0.165. The molecule has 0 bridgehead atoms. The maximum atomic E-state index is 10.9. The summed E-state index contributed by atoms with van der Waals surface area (Å²) in [5, 5.41) is 21.3. The van der Waals surface area contributed by atoms with Gasteiger partial charge in [-0.05, 0) is 35.2 Å². The Morgan fingerprint density at radius 2 is 2.12 bits per heavy atom. The number of rotatable bonds is 5. The van der Waals surface area contributed by atoms with Crippen molar-refractivity contribution in [2.24, 2.45) is 0 Å². The van der Waals surface area contributed by atoms with E-state index in [2.05, 4.69) is 11.0 Å². The molecule has 0 amide bonds. The minimum absolute atomic E-state index is 0.000256. The Bertz CT molecular complexity index is 748. The highest BCUT2D eigenvalue weighted by atomic mass is 16.6. The van der Waals surface area contributed by atoms with Crippen LogP contribution in [-0.4, -0.2) is 35.1 Å². The number of nitro groups is 1. The molecule has 2 aromatic rings. The second-order valence-electron chi connectivity index (χ2n) is 5.99. The number of non-ortho nitro benzene ring substituents is 1. The third kappa shape index (κ3) is 3.55. The van der Waals surface area contributed by atoms with E-state index in [0.29, 0.717) is 12.1 Å². The topological polar surface area (TPSA) is 75.8 Å². The number of ether oxygens (including phenoxy) is 1. The first-order valence-corrected chi connectivity index (χ1v) is 7.87. The minimum atomic E-state index is -0.753. The van der Waals surface area contributed by atoms with Gasteiger partial charge in [0.15, 0.2) is 0 Å². The van der Waals surface area contributed by atoms with Gasteiger partial charge in [0.1, 0.15) is 5.75 Å². The first-order chi connectivity index (χ1) is 11.6. The average Bonchev–Trinajstić information content (AvgIpc) is 2.61. The molecule has 0 radical (unpaired) electrons. The number of hydrogen-bond acceptors (Lipinski definition) is 5. The second kappa shape index (κ2) is 6.98. The molecule has 24 heavy (non-hydrogen) atoms. The summed E-state index contributed by atoms with van der Waals surface area (Å²) in [5.41, 5.74) is 3.07. The van der Waals surface area contributed by atoms with Crippen LogP contribution in [0.1, 0.15) is 22.8 Å². The Balaban J connectivity index is 1.70. The molecule has 0 spiro atoms. The Kier molecular flexibility index (Phi) is 4.78. The zero-order valence-corrected chi connectivity index (χ0v) is 13.5. The third-order valence-electron chi connectivity index (χ3n) is 4.40. The fraction of sp³-hybridized carbons (Fsp3) is 0.333. The molecule has 126 valence electrons. The first-order valence-electron chi connectivity index (χ1n) is 7.87. The van der Waals surface area contributed by atoms with Crippen LogP contribution in [0, 0.1) is 10.1 Å². The summed E-state index contributed by atoms with van der Waals surface area (Å²) in [6.45, 7) is 2.03. The Morgan fingerprint density at radius 3 is 2.88 bits per heavy atom. The molecule has 0 aliphatic carbocycles. The van der Waals surface area contributed by atoms with Crippen molar-refractivity contribution in [1.29, 1.82) is 0 Å². The van der Waals surface area contributed by atoms with Crippen molar-refractivity contribution in [3.05, 3.63) is 69.3 Å². The van der Waals surface area contributed by atoms with E-state index in [-0.39, 0.29) is 5.69 Å². The highest BCUT2D eigenvalue weighted by Gasteiger charge is 2.21. The van der Waals surface area contributed by atoms with E-state index in [4.69, 9.17) is 4.74 Å². The number of β-amino-alcohol motifs (C(OH)–C–C–N with tert-alkyl or cyclic N) is 1. The Morgan fingerprint density at radius 1 is 1.29 bits per heavy atom. The molecule has 2 aromatic carbocycles. The van der Waals surface area contributed by atoms with E-state index < -0.39 is 11.0 Å². The largest absolute Gasteiger partial charge is 0.497 e. The number of methoxy groups -OCH3 is 1. The van der Waals surface area contributed by atoms with Crippen molar-refractivity contribution in [1.82, 2.24) is 4.90 Å². The summed E-state index contributed by atoms with van der Waals surface area (Å²) in [4.78, 5) is 12.6. The predicted octanol–water partition coefficient (Wildman–Crippen LogP) is 2.70. The zero-order chi connectivity index (χ0) is 17.1. The molecule has 1 N–H and O–H groups in total. The lowest BCUT2D eigenvalue weighted by atomic mass is 9.98. The standard InChI is InChI=1S/C18H20N2O4/c1-24-17-6-5-13-7-8-19(11-15(13)10-17)12-18(21)14-3-2-4-16(9-14)20(22)23/h2-6,9-10,18,21H,7-8,11-12H2,1H3/t18-/m1/s1. The number of benzene rings is 2. The molecule has 1 aliphatic rings. The van der Waals surface area contributed by atoms with Gasteiger partial charge >= 0.3 is 0 Å². The number of nitro benzene ring substituents is 1. The molecule has 0 unspecified atom stereocenters. The smallest absolute Gasteiger partial charge is 0.269 e. The van der Waals surface area contributed by atoms with Gasteiger partial charge in [0.2, 0.25) is 0 Å². The molecule has 6 nitrogen and oxygen atoms in total. The number of nitrogens with zero attached hydrogens (tertiary/aromatic N) is 2. The molecular weight excluding hydrogens is 308 g/mol. The van der Waals surface area contributed by atoms with Crippen LogP contribution in [0.5, 0.6) is 5.75 Å². The number of aliphatic hydroxyl groups excluding tert-OH is 1. The highest BCUT2D eigenvalue weighted by Crippen LogP contribution is 2.26. The van der Waals surface area contributed by atoms with Crippen LogP contribution in [0.3, 0.4) is 0 Å². The third-order valence-corrected chi connectivity index (χ3v) is 4.40. The molecule has 0 saturated carbocycles. The van der Waals surface area contributed by atoms with E-state index in [9.17, 15) is 15.2 Å². The summed E-state index contributed by atoms with van der Waals surface area (Å²) >= 11 is 0. The second-order valence-corrected chi connectivity index (χ2v) is 5.99. The normalized spacial score (nSPS) is 15.6. The summed E-state index contributed by atoms with van der Waals surface area (Å²) < 4.78 is 5.27. The molecule has 1 aliphatic heterocycles. The predicted molar refractivity (Wildman–Crippen MR) is 90.0 cm³/mol. The zero-order valence-electron chi connectivity index (χ0n) is 13.5. The maximum absolute atomic E-state index is 10.9. The van der Waals surface area contributed by atoms with Crippen LogP contribution >= 0.6 is 0 Å². The SMILES string of the molecule is COc1ccc2c(c1)CN(C[C@@H](O)c1cccc([N+](=O)[O-])c1)CC2. The number of aliphatic hydroxyl groups is 1. The van der Waals surface area contributed by atoms with Gasteiger partial charge in [-0.2, -0.15) is 0 Å². The van der Waals surface area contributed by atoms with E-state index in [0.717, 1.165) is 25.3 Å². The lowest BCUT2D eigenvalue weighted by molar-refractivity contribution is -0.385. The van der Waals surface area contributed by atoms with Crippen LogP contribution in [-0.2, 0) is 13.0 Å². The van der Waals surface area contributed by atoms with Crippen LogP contribution in [0.4, 0.5) is 5.69 Å². The molecular formula is C18H20N2O4. The molecule has 0 fully saturated rings. The Labute approximate surface area is 140 Å². The van der Waals surface area contributed by atoms with Gasteiger partial charge in [-0.25, -0.2) is 0 Å². The van der Waals surface area contributed by atoms with Gasteiger partial charge in [-0.15, -0.1) is 0 Å². The molecule has 0 aromatic heterocycles. The van der Waals surface area contributed by atoms with Crippen LogP contribution < -0.4 is 4.74 Å². The molecule has 1 atom stereocenters. The van der Waals surface area contributed by atoms with Gasteiger partial charge in [0.05, 0.1) is 18.1 Å². The van der Waals surface area contributed by atoms with E-state index in [1.54, 1.807) is 19.2 Å². The monoisotopic (exact) mass is 328 g/mol. The first kappa shape index (κ1) is 16.4. The van der Waals surface area contributed by atoms with Crippen LogP contribution in [0.2, 0.25) is 0 Å². The van der Waals surface area contributed by atoms with Crippen molar-refractivity contribution in [2.75, 3.05) is 20.2 Å². The molecule has 1 heterocycles. The Hall–Kier alpha value is -2.44. The fourth-order valence-corrected chi connectivity index (χ4v) is 3.07.